The van der Waals surface area contributed by atoms with Gasteiger partial charge in [0.15, 0.2) is 0 Å². The third-order valence-electron chi connectivity index (χ3n) is 2.01. The van der Waals surface area contributed by atoms with E-state index in [2.05, 4.69) is 4.98 Å². The third-order valence-corrected chi connectivity index (χ3v) is 2.18. The van der Waals surface area contributed by atoms with E-state index >= 15 is 0 Å². The summed E-state index contributed by atoms with van der Waals surface area (Å²) in [6, 6.07) is 5.40. The minimum absolute atomic E-state index is 0.0654. The van der Waals surface area contributed by atoms with Crippen molar-refractivity contribution in [2.45, 2.75) is 0 Å². The first-order valence-corrected chi connectivity index (χ1v) is 4.48. The van der Waals surface area contributed by atoms with Gasteiger partial charge >= 0.3 is 0 Å². The topological polar surface area (TPSA) is 49.9 Å². The zero-order valence-corrected chi connectivity index (χ0v) is 8.14. The van der Waals surface area contributed by atoms with Crippen LogP contribution < -0.4 is 0 Å². The highest BCUT2D eigenvalue weighted by atomic mass is 35.5. The highest BCUT2D eigenvalue weighted by Crippen LogP contribution is 2.17. The van der Waals surface area contributed by atoms with E-state index in [1.165, 1.54) is 24.3 Å². The van der Waals surface area contributed by atoms with Crippen LogP contribution in [0.1, 0.15) is 10.5 Å². The molecule has 2 aromatic rings. The molecule has 0 saturated carbocycles. The molecule has 0 unspecified atom stereocenters. The predicted octanol–water partition coefficient (Wildman–Crippen LogP) is 2.26. The van der Waals surface area contributed by atoms with Crippen LogP contribution in [-0.4, -0.2) is 16.0 Å². The number of H-pyrrole nitrogens is 1. The molecular formula is C10H5ClFNO2. The minimum Gasteiger partial charge on any atom is -0.352 e. The second-order valence-corrected chi connectivity index (χ2v) is 3.36. The van der Waals surface area contributed by atoms with E-state index in [4.69, 9.17) is 11.6 Å². The monoisotopic (exact) mass is 225 g/mol. The lowest BCUT2D eigenvalue weighted by atomic mass is 10.2. The van der Waals surface area contributed by atoms with Gasteiger partial charge in [-0.2, -0.15) is 0 Å². The number of aromatic nitrogens is 1. The maximum absolute atomic E-state index is 12.8. The van der Waals surface area contributed by atoms with Gasteiger partial charge in [-0.15, -0.1) is 0 Å². The maximum atomic E-state index is 12.8. The molecular weight excluding hydrogens is 221 g/mol. The van der Waals surface area contributed by atoms with Crippen LogP contribution in [0, 0.1) is 5.82 Å². The van der Waals surface area contributed by atoms with Gasteiger partial charge in [-0.05, 0) is 35.9 Å². The van der Waals surface area contributed by atoms with Gasteiger partial charge in [0.05, 0.1) is 5.69 Å². The number of rotatable bonds is 2. The second kappa shape index (κ2) is 3.47. The molecule has 5 heteroatoms. The number of hydrogen-bond acceptors (Lipinski definition) is 2. The number of ketones is 1. The number of hydrogen-bond donors (Lipinski definition) is 1. The Morgan fingerprint density at radius 3 is 2.67 bits per heavy atom. The lowest BCUT2D eigenvalue weighted by Crippen LogP contribution is -2.07. The average Bonchev–Trinajstić information content (AvgIpc) is 2.58. The lowest BCUT2D eigenvalue weighted by molar-refractivity contribution is -0.108. The molecule has 1 aromatic heterocycles. The highest BCUT2D eigenvalue weighted by Gasteiger charge is 2.15. The molecule has 0 saturated heterocycles. The van der Waals surface area contributed by atoms with Crippen molar-refractivity contribution in [1.82, 2.24) is 4.98 Å². The molecule has 1 heterocycles. The maximum Gasteiger partial charge on any atom is 0.294 e. The predicted molar refractivity (Wildman–Crippen MR) is 53.4 cm³/mol. The number of carbonyl (C=O) groups excluding carboxylic acids is 2. The summed E-state index contributed by atoms with van der Waals surface area (Å²) >= 11 is 5.04. The van der Waals surface area contributed by atoms with E-state index in [1.807, 2.05) is 0 Å². The van der Waals surface area contributed by atoms with Crippen molar-refractivity contribution in [3.8, 4) is 0 Å². The summed E-state index contributed by atoms with van der Waals surface area (Å²) in [5.41, 5.74) is 0.647. The van der Waals surface area contributed by atoms with Crippen LogP contribution in [0.2, 0.25) is 0 Å². The third kappa shape index (κ3) is 1.76. The van der Waals surface area contributed by atoms with Gasteiger partial charge in [0, 0.05) is 10.9 Å². The van der Waals surface area contributed by atoms with Crippen molar-refractivity contribution >= 4 is 33.5 Å². The summed E-state index contributed by atoms with van der Waals surface area (Å²) in [4.78, 5) is 24.5. The Bertz CT molecular complexity index is 562. The molecule has 15 heavy (non-hydrogen) atoms. The Morgan fingerprint density at radius 1 is 1.27 bits per heavy atom. The van der Waals surface area contributed by atoms with Crippen LogP contribution in [0.5, 0.6) is 0 Å². The summed E-state index contributed by atoms with van der Waals surface area (Å²) in [7, 11) is 0. The molecule has 0 spiro atoms. The average molecular weight is 226 g/mol. The van der Waals surface area contributed by atoms with Crippen molar-refractivity contribution in [1.29, 1.82) is 0 Å². The van der Waals surface area contributed by atoms with Crippen LogP contribution in [0.15, 0.2) is 24.3 Å². The van der Waals surface area contributed by atoms with Gasteiger partial charge in [-0.3, -0.25) is 9.59 Å². The first-order chi connectivity index (χ1) is 7.08. The molecule has 3 nitrogen and oxygen atoms in total. The zero-order chi connectivity index (χ0) is 11.0. The first-order valence-electron chi connectivity index (χ1n) is 4.10. The number of benzene rings is 1. The molecule has 0 aliphatic carbocycles. The zero-order valence-electron chi connectivity index (χ0n) is 7.38. The number of carbonyl (C=O) groups is 2. The summed E-state index contributed by atoms with van der Waals surface area (Å²) in [5, 5.41) is -0.543. The summed E-state index contributed by atoms with van der Waals surface area (Å²) in [6.45, 7) is 0. The quantitative estimate of drug-likeness (QED) is 0.484. The number of halogens is 2. The fourth-order valence-electron chi connectivity index (χ4n) is 1.33. The normalized spacial score (nSPS) is 10.5. The van der Waals surface area contributed by atoms with E-state index < -0.39 is 16.8 Å². The van der Waals surface area contributed by atoms with Crippen LogP contribution in [0.3, 0.4) is 0 Å². The summed E-state index contributed by atoms with van der Waals surface area (Å²) in [6.07, 6.45) is 0. The molecule has 0 fully saturated rings. The van der Waals surface area contributed by atoms with Crippen molar-refractivity contribution in [2.24, 2.45) is 0 Å². The number of Topliss-reactive ketones (excluding diaryl/α,β-unsaturated/α-hetero) is 1. The Balaban J connectivity index is 2.56. The Morgan fingerprint density at radius 2 is 2.00 bits per heavy atom. The molecule has 2 rings (SSSR count). The van der Waals surface area contributed by atoms with Gasteiger partial charge in [-0.1, -0.05) is 0 Å². The Kier molecular flexibility index (Phi) is 2.28. The summed E-state index contributed by atoms with van der Waals surface area (Å²) in [5.74, 6) is -1.23. The van der Waals surface area contributed by atoms with Gasteiger partial charge in [0.1, 0.15) is 5.82 Å². The lowest BCUT2D eigenvalue weighted by Gasteiger charge is -1.88. The van der Waals surface area contributed by atoms with Gasteiger partial charge in [-0.25, -0.2) is 4.39 Å². The Labute approximate surface area is 88.8 Å². The van der Waals surface area contributed by atoms with Crippen molar-refractivity contribution < 1.29 is 14.0 Å². The van der Waals surface area contributed by atoms with Gasteiger partial charge < -0.3 is 4.98 Å². The SMILES string of the molecule is O=C(Cl)C(=O)c1cc2cc(F)ccc2[nH]1. The molecule has 0 radical (unpaired) electrons. The van der Waals surface area contributed by atoms with E-state index in [9.17, 15) is 14.0 Å². The highest BCUT2D eigenvalue weighted by molar-refractivity contribution is 6.83. The van der Waals surface area contributed by atoms with E-state index in [-0.39, 0.29) is 5.69 Å². The van der Waals surface area contributed by atoms with Crippen LogP contribution >= 0.6 is 11.6 Å². The number of nitrogens with one attached hydrogen (secondary N) is 1. The minimum atomic E-state index is -1.07. The molecule has 0 aliphatic heterocycles. The van der Waals surface area contributed by atoms with Crippen molar-refractivity contribution in [3.05, 3.63) is 35.8 Å². The largest absolute Gasteiger partial charge is 0.352 e. The van der Waals surface area contributed by atoms with Crippen LogP contribution in [0.25, 0.3) is 10.9 Å². The molecule has 0 aliphatic rings. The molecule has 1 aromatic carbocycles. The van der Waals surface area contributed by atoms with Crippen molar-refractivity contribution in [3.63, 3.8) is 0 Å². The number of aromatic amines is 1. The first kappa shape index (κ1) is 9.86. The van der Waals surface area contributed by atoms with Crippen LogP contribution in [-0.2, 0) is 4.79 Å². The van der Waals surface area contributed by atoms with Crippen molar-refractivity contribution in [2.75, 3.05) is 0 Å². The number of fused-ring (bicyclic) bond motifs is 1. The van der Waals surface area contributed by atoms with E-state index in [0.717, 1.165) is 0 Å². The molecule has 0 atom stereocenters. The Hall–Kier alpha value is -1.68. The van der Waals surface area contributed by atoms with E-state index in [1.54, 1.807) is 0 Å². The van der Waals surface area contributed by atoms with E-state index in [0.29, 0.717) is 10.9 Å². The second-order valence-electron chi connectivity index (χ2n) is 3.02. The van der Waals surface area contributed by atoms with Gasteiger partial charge in [0.25, 0.3) is 11.0 Å². The fraction of sp³-hybridized carbons (Fsp3) is 0. The van der Waals surface area contributed by atoms with Crippen LogP contribution in [0.4, 0.5) is 4.39 Å². The molecule has 0 amide bonds. The molecule has 1 N–H and O–H groups in total. The standard InChI is InChI=1S/C10H5ClFNO2/c11-10(15)9(14)8-4-5-3-6(12)1-2-7(5)13-8/h1-4,13H. The molecule has 0 bridgehead atoms. The fourth-order valence-corrected chi connectivity index (χ4v) is 1.43. The molecule has 76 valence electrons. The summed E-state index contributed by atoms with van der Waals surface area (Å²) < 4.78 is 12.8. The van der Waals surface area contributed by atoms with Gasteiger partial charge in [0.2, 0.25) is 0 Å². The smallest absolute Gasteiger partial charge is 0.294 e.